The zero-order valence-electron chi connectivity index (χ0n) is 11.7. The molecule has 21 heavy (non-hydrogen) atoms. The number of benzene rings is 1. The van der Waals surface area contributed by atoms with Crippen LogP contribution < -0.4 is 0 Å². The third-order valence-electron chi connectivity index (χ3n) is 3.58. The van der Waals surface area contributed by atoms with Gasteiger partial charge in [0, 0.05) is 19.5 Å². The first kappa shape index (κ1) is 16.6. The highest BCUT2D eigenvalue weighted by atomic mass is 35.5. The summed E-state index contributed by atoms with van der Waals surface area (Å²) in [5.74, 6) is -0.731. The van der Waals surface area contributed by atoms with Crippen LogP contribution in [0.15, 0.2) is 18.2 Å². The molecule has 1 saturated heterocycles. The molecule has 1 aliphatic heterocycles. The summed E-state index contributed by atoms with van der Waals surface area (Å²) in [4.78, 5) is 12.8. The molecule has 1 unspecified atom stereocenters. The van der Waals surface area contributed by atoms with Crippen LogP contribution in [0.2, 0.25) is 10.0 Å². The lowest BCUT2D eigenvalue weighted by molar-refractivity contribution is -0.137. The van der Waals surface area contributed by atoms with Gasteiger partial charge >= 0.3 is 5.97 Å². The van der Waals surface area contributed by atoms with E-state index in [0.29, 0.717) is 23.1 Å². The van der Waals surface area contributed by atoms with Crippen molar-refractivity contribution < 1.29 is 14.6 Å². The van der Waals surface area contributed by atoms with Gasteiger partial charge in [0.15, 0.2) is 0 Å². The number of aliphatic carboxylic acids is 1. The van der Waals surface area contributed by atoms with Crippen molar-refractivity contribution in [2.24, 2.45) is 0 Å². The van der Waals surface area contributed by atoms with Crippen molar-refractivity contribution in [1.29, 1.82) is 0 Å². The van der Waals surface area contributed by atoms with Gasteiger partial charge in [-0.2, -0.15) is 0 Å². The van der Waals surface area contributed by atoms with E-state index in [1.165, 1.54) is 0 Å². The summed E-state index contributed by atoms with van der Waals surface area (Å²) in [5.41, 5.74) is 1.03. The number of halogens is 2. The number of morpholine rings is 1. The molecule has 1 heterocycles. The van der Waals surface area contributed by atoms with Gasteiger partial charge in [-0.3, -0.25) is 9.69 Å². The van der Waals surface area contributed by atoms with E-state index in [0.717, 1.165) is 31.6 Å². The van der Waals surface area contributed by atoms with E-state index < -0.39 is 5.97 Å². The molecular formula is C15H19Cl2NO3. The number of carboxylic acid groups (broad SMARTS) is 1. The molecule has 1 atom stereocenters. The molecule has 0 amide bonds. The quantitative estimate of drug-likeness (QED) is 0.809. The van der Waals surface area contributed by atoms with E-state index >= 15 is 0 Å². The smallest absolute Gasteiger partial charge is 0.303 e. The van der Waals surface area contributed by atoms with E-state index in [4.69, 9.17) is 33.0 Å². The molecule has 1 N–H and O–H groups in total. The van der Waals surface area contributed by atoms with Crippen molar-refractivity contribution in [1.82, 2.24) is 4.90 Å². The summed E-state index contributed by atoms with van der Waals surface area (Å²) in [6.07, 6.45) is 1.83. The van der Waals surface area contributed by atoms with Gasteiger partial charge < -0.3 is 9.84 Å². The first-order valence-corrected chi connectivity index (χ1v) is 7.82. The van der Waals surface area contributed by atoms with Crippen molar-refractivity contribution in [3.05, 3.63) is 33.8 Å². The van der Waals surface area contributed by atoms with Crippen LogP contribution in [0.3, 0.4) is 0 Å². The number of ether oxygens (including phenoxy) is 1. The Hall–Kier alpha value is -0.810. The van der Waals surface area contributed by atoms with E-state index in [-0.39, 0.29) is 12.5 Å². The van der Waals surface area contributed by atoms with E-state index in [2.05, 4.69) is 4.90 Å². The lowest BCUT2D eigenvalue weighted by atomic mass is 10.1. The highest BCUT2D eigenvalue weighted by molar-refractivity contribution is 6.42. The van der Waals surface area contributed by atoms with E-state index in [1.807, 2.05) is 12.1 Å². The van der Waals surface area contributed by atoms with Gasteiger partial charge in [-0.15, -0.1) is 0 Å². The zero-order valence-corrected chi connectivity index (χ0v) is 13.2. The Morgan fingerprint density at radius 2 is 2.14 bits per heavy atom. The van der Waals surface area contributed by atoms with Crippen LogP contribution in [0.5, 0.6) is 0 Å². The largest absolute Gasteiger partial charge is 0.481 e. The number of unbranched alkanes of at least 4 members (excludes halogenated alkanes) is 1. The first-order chi connectivity index (χ1) is 10.1. The molecule has 1 fully saturated rings. The number of rotatable bonds is 6. The average molecular weight is 332 g/mol. The normalized spacial score (nSPS) is 19.6. The van der Waals surface area contributed by atoms with Gasteiger partial charge in [0.1, 0.15) is 0 Å². The third-order valence-corrected chi connectivity index (χ3v) is 4.32. The molecule has 0 spiro atoms. The van der Waals surface area contributed by atoms with Gasteiger partial charge in [-0.05, 0) is 37.1 Å². The van der Waals surface area contributed by atoms with E-state index in [1.54, 1.807) is 6.07 Å². The second-order valence-corrected chi connectivity index (χ2v) is 6.00. The number of carbonyl (C=O) groups is 1. The average Bonchev–Trinajstić information content (AvgIpc) is 2.47. The van der Waals surface area contributed by atoms with Gasteiger partial charge in [-0.1, -0.05) is 29.3 Å². The van der Waals surface area contributed by atoms with E-state index in [9.17, 15) is 4.79 Å². The fourth-order valence-corrected chi connectivity index (χ4v) is 2.74. The molecule has 1 aromatic carbocycles. The second-order valence-electron chi connectivity index (χ2n) is 5.18. The lowest BCUT2D eigenvalue weighted by Gasteiger charge is -2.33. The van der Waals surface area contributed by atoms with Gasteiger partial charge in [0.05, 0.1) is 22.8 Å². The van der Waals surface area contributed by atoms with Crippen LogP contribution in [0.4, 0.5) is 0 Å². The molecule has 1 aliphatic rings. The topological polar surface area (TPSA) is 49.8 Å². The van der Waals surface area contributed by atoms with Crippen molar-refractivity contribution in [3.8, 4) is 0 Å². The summed E-state index contributed by atoms with van der Waals surface area (Å²) in [7, 11) is 0. The fraction of sp³-hybridized carbons (Fsp3) is 0.533. The summed E-state index contributed by atoms with van der Waals surface area (Å²) in [6, 6.07) is 5.57. The Labute approximate surface area is 134 Å². The van der Waals surface area contributed by atoms with Gasteiger partial charge in [0.2, 0.25) is 0 Å². The third kappa shape index (κ3) is 5.15. The highest BCUT2D eigenvalue weighted by Gasteiger charge is 2.22. The predicted octanol–water partition coefficient (Wildman–Crippen LogP) is 3.62. The second kappa shape index (κ2) is 7.99. The fourth-order valence-electron chi connectivity index (χ4n) is 2.43. The Balaban J connectivity index is 1.85. The molecule has 0 radical (unpaired) electrons. The predicted molar refractivity (Wildman–Crippen MR) is 83.1 cm³/mol. The lowest BCUT2D eigenvalue weighted by Crippen LogP contribution is -2.38. The number of nitrogens with zero attached hydrogens (tertiary/aromatic N) is 1. The SMILES string of the molecule is O=C(O)CCCCN1CCOC(c2ccc(Cl)c(Cl)c2)C1. The summed E-state index contributed by atoms with van der Waals surface area (Å²) in [6.45, 7) is 3.24. The molecule has 1 aromatic rings. The molecule has 0 bridgehead atoms. The van der Waals surface area contributed by atoms with Crippen LogP contribution in [0, 0.1) is 0 Å². The number of hydrogen-bond acceptors (Lipinski definition) is 3. The Bertz CT molecular complexity index is 496. The maximum absolute atomic E-state index is 10.5. The minimum atomic E-state index is -0.731. The first-order valence-electron chi connectivity index (χ1n) is 7.07. The van der Waals surface area contributed by atoms with Gasteiger partial charge in [0.25, 0.3) is 0 Å². The maximum atomic E-state index is 10.5. The summed E-state index contributed by atoms with van der Waals surface area (Å²) < 4.78 is 5.80. The minimum absolute atomic E-state index is 0.00649. The Kier molecular flexibility index (Phi) is 6.30. The molecule has 4 nitrogen and oxygen atoms in total. The highest BCUT2D eigenvalue weighted by Crippen LogP contribution is 2.29. The van der Waals surface area contributed by atoms with Crippen LogP contribution in [-0.2, 0) is 9.53 Å². The van der Waals surface area contributed by atoms with Gasteiger partial charge in [-0.25, -0.2) is 0 Å². The van der Waals surface area contributed by atoms with Crippen LogP contribution in [0.1, 0.15) is 30.9 Å². The van der Waals surface area contributed by atoms with Crippen LogP contribution in [-0.4, -0.2) is 42.2 Å². The van der Waals surface area contributed by atoms with Crippen LogP contribution in [0.25, 0.3) is 0 Å². The molecule has 0 aromatic heterocycles. The summed E-state index contributed by atoms with van der Waals surface area (Å²) >= 11 is 12.0. The monoisotopic (exact) mass is 331 g/mol. The number of carboxylic acids is 1. The molecule has 0 saturated carbocycles. The van der Waals surface area contributed by atoms with Crippen molar-refractivity contribution in [2.45, 2.75) is 25.4 Å². The Morgan fingerprint density at radius 1 is 1.33 bits per heavy atom. The maximum Gasteiger partial charge on any atom is 0.303 e. The summed E-state index contributed by atoms with van der Waals surface area (Å²) in [5, 5.41) is 9.71. The molecule has 6 heteroatoms. The van der Waals surface area contributed by atoms with Crippen molar-refractivity contribution >= 4 is 29.2 Å². The molecule has 116 valence electrons. The minimum Gasteiger partial charge on any atom is -0.481 e. The zero-order chi connectivity index (χ0) is 15.2. The molecular weight excluding hydrogens is 313 g/mol. The Morgan fingerprint density at radius 3 is 2.86 bits per heavy atom. The standard InChI is InChI=1S/C15H19Cl2NO3/c16-12-5-4-11(9-13(12)17)14-10-18(7-8-21-14)6-2-1-3-15(19)20/h4-5,9,14H,1-3,6-8,10H2,(H,19,20). The molecule has 0 aliphatic carbocycles. The molecule has 2 rings (SSSR count). The van der Waals surface area contributed by atoms with Crippen molar-refractivity contribution in [3.63, 3.8) is 0 Å². The number of hydrogen-bond donors (Lipinski definition) is 1. The van der Waals surface area contributed by atoms with Crippen LogP contribution >= 0.6 is 23.2 Å². The van der Waals surface area contributed by atoms with Crippen molar-refractivity contribution in [2.75, 3.05) is 26.2 Å².